The predicted octanol–water partition coefficient (Wildman–Crippen LogP) is 3.46. The molecule has 0 saturated carbocycles. The van der Waals surface area contributed by atoms with E-state index in [9.17, 15) is 4.79 Å². The highest BCUT2D eigenvalue weighted by Crippen LogP contribution is 2.12. The van der Waals surface area contributed by atoms with Crippen LogP contribution >= 0.6 is 0 Å². The Morgan fingerprint density at radius 3 is 2.00 bits per heavy atom. The van der Waals surface area contributed by atoms with Crippen LogP contribution in [0.5, 0.6) is 0 Å². The largest absolute Gasteiger partial charge is 0.444 e. The van der Waals surface area contributed by atoms with Crippen molar-refractivity contribution in [3.8, 4) is 11.6 Å². The first-order chi connectivity index (χ1) is 14.8. The number of nitrogen functional groups attached to an aromatic ring is 1. The summed E-state index contributed by atoms with van der Waals surface area (Å²) in [4.78, 5) is 19.9. The van der Waals surface area contributed by atoms with Crippen LogP contribution in [0.3, 0.4) is 0 Å². The fraction of sp³-hybridized carbons (Fsp3) is 0.190. The third-order valence-electron chi connectivity index (χ3n) is 3.60. The van der Waals surface area contributed by atoms with Crippen molar-refractivity contribution in [2.75, 3.05) is 11.1 Å². The normalized spacial score (nSPS) is 10.7. The fourth-order valence-corrected chi connectivity index (χ4v) is 2.37. The summed E-state index contributed by atoms with van der Waals surface area (Å²) in [6, 6.07) is 11.1. The molecule has 4 aromatic rings. The van der Waals surface area contributed by atoms with Gasteiger partial charge in [-0.1, -0.05) is 12.1 Å². The van der Waals surface area contributed by atoms with E-state index < -0.39 is 11.7 Å². The second kappa shape index (κ2) is 9.53. The molecule has 160 valence electrons. The average molecular weight is 420 g/mol. The molecule has 4 aromatic heterocycles. The van der Waals surface area contributed by atoms with Gasteiger partial charge in [-0.2, -0.15) is 10.2 Å². The van der Waals surface area contributed by atoms with Crippen LogP contribution in [0.25, 0.3) is 11.6 Å². The number of aromatic nitrogens is 6. The number of nitrogens with zero attached hydrogens (tertiary/aromatic N) is 6. The van der Waals surface area contributed by atoms with Crippen molar-refractivity contribution in [3.63, 3.8) is 0 Å². The summed E-state index contributed by atoms with van der Waals surface area (Å²) in [7, 11) is 0. The minimum Gasteiger partial charge on any atom is -0.444 e. The molecule has 0 atom stereocenters. The van der Waals surface area contributed by atoms with Crippen molar-refractivity contribution >= 4 is 17.5 Å². The van der Waals surface area contributed by atoms with Gasteiger partial charge < -0.3 is 10.5 Å². The van der Waals surface area contributed by atoms with Crippen molar-refractivity contribution in [1.29, 1.82) is 0 Å². The lowest BCUT2D eigenvalue weighted by atomic mass is 10.2. The minimum absolute atomic E-state index is 0.506. The molecule has 4 heterocycles. The van der Waals surface area contributed by atoms with E-state index in [1.807, 2.05) is 57.2 Å². The lowest BCUT2D eigenvalue weighted by molar-refractivity contribution is 0.0636. The van der Waals surface area contributed by atoms with Gasteiger partial charge in [-0.3, -0.25) is 5.32 Å². The third kappa shape index (κ3) is 6.67. The first kappa shape index (κ1) is 21.5. The molecule has 3 N–H and O–H groups in total. The number of nitrogens with two attached hydrogens (primary N) is 1. The minimum atomic E-state index is -0.527. The highest BCUT2D eigenvalue weighted by molar-refractivity contribution is 5.84. The van der Waals surface area contributed by atoms with Crippen molar-refractivity contribution in [2.45, 2.75) is 26.4 Å². The monoisotopic (exact) mass is 420 g/mol. The Balaban J connectivity index is 0.000000194. The van der Waals surface area contributed by atoms with Gasteiger partial charge in [0.15, 0.2) is 11.6 Å². The fourth-order valence-electron chi connectivity index (χ4n) is 2.37. The Morgan fingerprint density at radius 1 is 0.935 bits per heavy atom. The van der Waals surface area contributed by atoms with Gasteiger partial charge in [0.2, 0.25) is 0 Å². The molecule has 0 bridgehead atoms. The molecule has 1 amide bonds. The van der Waals surface area contributed by atoms with Gasteiger partial charge in [0.25, 0.3) is 0 Å². The summed E-state index contributed by atoms with van der Waals surface area (Å²) < 4.78 is 8.36. The lowest BCUT2D eigenvalue weighted by Crippen LogP contribution is -2.27. The predicted molar refractivity (Wildman–Crippen MR) is 117 cm³/mol. The number of rotatable bonds is 3. The van der Waals surface area contributed by atoms with E-state index in [-0.39, 0.29) is 0 Å². The zero-order chi connectivity index (χ0) is 22.3. The highest BCUT2D eigenvalue weighted by atomic mass is 16.6. The van der Waals surface area contributed by atoms with Crippen molar-refractivity contribution in [2.24, 2.45) is 0 Å². The van der Waals surface area contributed by atoms with E-state index in [1.165, 1.54) is 0 Å². The zero-order valence-electron chi connectivity index (χ0n) is 17.5. The Morgan fingerprint density at radius 2 is 1.52 bits per heavy atom. The van der Waals surface area contributed by atoms with E-state index in [0.717, 1.165) is 5.82 Å². The van der Waals surface area contributed by atoms with Crippen LogP contribution in [0.1, 0.15) is 20.8 Å². The van der Waals surface area contributed by atoms with Gasteiger partial charge >= 0.3 is 6.09 Å². The molecule has 0 aliphatic carbocycles. The number of nitrogens with one attached hydrogen (secondary N) is 1. The first-order valence-electron chi connectivity index (χ1n) is 9.48. The zero-order valence-corrected chi connectivity index (χ0v) is 17.5. The van der Waals surface area contributed by atoms with E-state index in [0.29, 0.717) is 17.2 Å². The van der Waals surface area contributed by atoms with Crippen LogP contribution in [-0.4, -0.2) is 41.2 Å². The van der Waals surface area contributed by atoms with Crippen LogP contribution in [0, 0.1) is 0 Å². The number of hydrogen-bond acceptors (Lipinski definition) is 7. The smallest absolute Gasteiger partial charge is 0.412 e. The van der Waals surface area contributed by atoms with Crippen LogP contribution in [0.2, 0.25) is 0 Å². The van der Waals surface area contributed by atoms with Gasteiger partial charge in [0.05, 0.1) is 36.2 Å². The summed E-state index contributed by atoms with van der Waals surface area (Å²) in [6.07, 6.45) is 9.42. The SMILES string of the molecule is CC(C)(C)OC(=O)Nc1cnn(-c2ccccn2)c1.Nc1cnn(-c2ccccn2)c1. The number of anilines is 2. The Kier molecular flexibility index (Phi) is 6.61. The number of ether oxygens (including phenoxy) is 1. The number of carbonyl (C=O) groups excluding carboxylic acids is 1. The summed E-state index contributed by atoms with van der Waals surface area (Å²) in [5, 5.41) is 10.8. The van der Waals surface area contributed by atoms with E-state index >= 15 is 0 Å². The van der Waals surface area contributed by atoms with Gasteiger partial charge in [0.1, 0.15) is 5.60 Å². The maximum absolute atomic E-state index is 11.6. The molecule has 0 aromatic carbocycles. The summed E-state index contributed by atoms with van der Waals surface area (Å²) in [5.74, 6) is 1.45. The molecule has 0 radical (unpaired) electrons. The van der Waals surface area contributed by atoms with Gasteiger partial charge in [0, 0.05) is 12.4 Å². The average Bonchev–Trinajstić information content (AvgIpc) is 3.38. The third-order valence-corrected chi connectivity index (χ3v) is 3.60. The van der Waals surface area contributed by atoms with Crippen LogP contribution in [0.15, 0.2) is 73.6 Å². The molecule has 10 heteroatoms. The van der Waals surface area contributed by atoms with Crippen LogP contribution < -0.4 is 11.1 Å². The van der Waals surface area contributed by atoms with E-state index in [4.69, 9.17) is 10.5 Å². The van der Waals surface area contributed by atoms with Crippen molar-refractivity contribution in [3.05, 3.63) is 73.6 Å². The first-order valence-corrected chi connectivity index (χ1v) is 9.48. The molecule has 31 heavy (non-hydrogen) atoms. The maximum Gasteiger partial charge on any atom is 0.412 e. The Hall–Kier alpha value is -4.21. The standard InChI is InChI=1S/C13H16N4O2.C8H8N4/c1-13(2,3)19-12(18)16-10-8-15-17(9-10)11-6-4-5-7-14-11;9-7-5-11-12(6-7)8-3-1-2-4-10-8/h4-9H,1-3H3,(H,16,18);1-6H,9H2. The topological polar surface area (TPSA) is 126 Å². The van der Waals surface area contributed by atoms with Crippen LogP contribution in [0.4, 0.5) is 16.2 Å². The van der Waals surface area contributed by atoms with Crippen molar-refractivity contribution in [1.82, 2.24) is 29.5 Å². The highest BCUT2D eigenvalue weighted by Gasteiger charge is 2.16. The molecular weight excluding hydrogens is 396 g/mol. The molecule has 0 spiro atoms. The van der Waals surface area contributed by atoms with Gasteiger partial charge in [-0.25, -0.2) is 24.1 Å². The molecule has 0 fully saturated rings. The summed E-state index contributed by atoms with van der Waals surface area (Å²) in [6.45, 7) is 5.43. The van der Waals surface area contributed by atoms with E-state index in [2.05, 4.69) is 25.5 Å². The Labute approximate surface area is 179 Å². The molecule has 4 rings (SSSR count). The molecular formula is C21H24N8O2. The molecule has 0 aliphatic rings. The second-order valence-electron chi connectivity index (χ2n) is 7.39. The van der Waals surface area contributed by atoms with Gasteiger partial charge in [-0.05, 0) is 45.0 Å². The summed E-state index contributed by atoms with van der Waals surface area (Å²) in [5.41, 5.74) is 6.17. The Bertz CT molecular complexity index is 1100. The molecule has 10 nitrogen and oxygen atoms in total. The van der Waals surface area contributed by atoms with Crippen LogP contribution in [-0.2, 0) is 4.74 Å². The quantitative estimate of drug-likeness (QED) is 0.520. The number of pyridine rings is 2. The molecule has 0 saturated heterocycles. The van der Waals surface area contributed by atoms with Gasteiger partial charge in [-0.15, -0.1) is 0 Å². The summed E-state index contributed by atoms with van der Waals surface area (Å²) >= 11 is 0. The number of hydrogen-bond donors (Lipinski definition) is 2. The van der Waals surface area contributed by atoms with Crippen molar-refractivity contribution < 1.29 is 9.53 Å². The maximum atomic E-state index is 11.6. The lowest BCUT2D eigenvalue weighted by Gasteiger charge is -2.19. The molecule has 0 unspecified atom stereocenters. The van der Waals surface area contributed by atoms with E-state index in [1.54, 1.807) is 46.5 Å². The molecule has 0 aliphatic heterocycles. The number of carbonyl (C=O) groups is 1. The number of amides is 1. The second-order valence-corrected chi connectivity index (χ2v) is 7.39.